The quantitative estimate of drug-likeness (QED) is 0.862. The van der Waals surface area contributed by atoms with Gasteiger partial charge in [0.2, 0.25) is 5.91 Å². The zero-order chi connectivity index (χ0) is 13.9. The first-order valence-electron chi connectivity index (χ1n) is 6.55. The predicted octanol–water partition coefficient (Wildman–Crippen LogP) is 3.92. The maximum atomic E-state index is 11.9. The molecule has 1 amide bonds. The first-order chi connectivity index (χ1) is 8.19. The summed E-state index contributed by atoms with van der Waals surface area (Å²) in [4.78, 5) is 11.9. The van der Waals surface area contributed by atoms with E-state index < -0.39 is 0 Å². The summed E-state index contributed by atoms with van der Waals surface area (Å²) in [6.07, 6.45) is 0.558. The van der Waals surface area contributed by atoms with Crippen LogP contribution in [-0.4, -0.2) is 5.91 Å². The van der Waals surface area contributed by atoms with Crippen LogP contribution in [0.2, 0.25) is 0 Å². The van der Waals surface area contributed by atoms with Crippen molar-refractivity contribution in [2.75, 3.05) is 0 Å². The smallest absolute Gasteiger partial charge is 0.220 e. The van der Waals surface area contributed by atoms with Crippen molar-refractivity contribution in [2.45, 2.75) is 54.0 Å². The van der Waals surface area contributed by atoms with Crippen LogP contribution >= 0.6 is 0 Å². The molecule has 1 aromatic rings. The average molecular weight is 247 g/mol. The van der Waals surface area contributed by atoms with Crippen LogP contribution in [-0.2, 0) is 4.79 Å². The third-order valence-corrected chi connectivity index (χ3v) is 3.10. The van der Waals surface area contributed by atoms with E-state index in [1.165, 1.54) is 16.7 Å². The Hall–Kier alpha value is -1.31. The molecule has 0 heterocycles. The van der Waals surface area contributed by atoms with E-state index in [1.807, 2.05) is 6.92 Å². The molecule has 0 aliphatic heterocycles. The van der Waals surface area contributed by atoms with Crippen molar-refractivity contribution < 1.29 is 4.79 Å². The Morgan fingerprint density at radius 2 is 1.83 bits per heavy atom. The molecular weight excluding hydrogens is 222 g/mol. The Bertz CT molecular complexity index is 429. The van der Waals surface area contributed by atoms with Gasteiger partial charge in [0.15, 0.2) is 0 Å². The fourth-order valence-electron chi connectivity index (χ4n) is 1.89. The first kappa shape index (κ1) is 14.7. The summed E-state index contributed by atoms with van der Waals surface area (Å²) in [5, 5.41) is 3.06. The van der Waals surface area contributed by atoms with Crippen LogP contribution < -0.4 is 5.32 Å². The molecule has 0 aromatic heterocycles. The molecule has 0 aliphatic rings. The van der Waals surface area contributed by atoms with E-state index in [9.17, 15) is 4.79 Å². The molecule has 100 valence electrons. The van der Waals surface area contributed by atoms with E-state index in [0.29, 0.717) is 6.42 Å². The van der Waals surface area contributed by atoms with Gasteiger partial charge in [0.25, 0.3) is 0 Å². The van der Waals surface area contributed by atoms with E-state index in [2.05, 4.69) is 58.1 Å². The van der Waals surface area contributed by atoms with Gasteiger partial charge in [0.05, 0.1) is 6.04 Å². The van der Waals surface area contributed by atoms with Gasteiger partial charge in [0, 0.05) is 6.42 Å². The highest BCUT2D eigenvalue weighted by molar-refractivity contribution is 5.77. The number of amides is 1. The minimum absolute atomic E-state index is 0.0347. The molecule has 0 unspecified atom stereocenters. The summed E-state index contributed by atoms with van der Waals surface area (Å²) in [6.45, 7) is 12.5. The van der Waals surface area contributed by atoms with Gasteiger partial charge in [-0.3, -0.25) is 4.79 Å². The number of carbonyl (C=O) groups excluding carboxylic acids is 1. The van der Waals surface area contributed by atoms with Gasteiger partial charge in [-0.1, -0.05) is 39.0 Å². The summed E-state index contributed by atoms with van der Waals surface area (Å²) in [6, 6.07) is 6.41. The summed E-state index contributed by atoms with van der Waals surface area (Å²) < 4.78 is 0. The lowest BCUT2D eigenvalue weighted by molar-refractivity contribution is -0.123. The second kappa shape index (κ2) is 5.55. The summed E-state index contributed by atoms with van der Waals surface area (Å²) in [5.41, 5.74) is 3.75. The van der Waals surface area contributed by atoms with Crippen LogP contribution in [0.15, 0.2) is 18.2 Å². The standard InChI is InChI=1S/C16H25NO/c1-11-7-8-14(9-12(11)2)13(3)17-15(18)10-16(4,5)6/h7-9,13H,10H2,1-6H3,(H,17,18)/t13-/m1/s1. The number of nitrogens with one attached hydrogen (secondary N) is 1. The Morgan fingerprint density at radius 3 is 2.33 bits per heavy atom. The molecule has 18 heavy (non-hydrogen) atoms. The molecule has 0 saturated carbocycles. The number of rotatable bonds is 3. The van der Waals surface area contributed by atoms with Gasteiger partial charge < -0.3 is 5.32 Å². The molecule has 1 N–H and O–H groups in total. The number of carbonyl (C=O) groups is 1. The molecule has 1 rings (SSSR count). The molecule has 0 radical (unpaired) electrons. The van der Waals surface area contributed by atoms with Gasteiger partial charge in [-0.25, -0.2) is 0 Å². The minimum Gasteiger partial charge on any atom is -0.350 e. The third-order valence-electron chi connectivity index (χ3n) is 3.10. The molecular formula is C16H25NO. The van der Waals surface area contributed by atoms with Crippen molar-refractivity contribution >= 4 is 5.91 Å². The fourth-order valence-corrected chi connectivity index (χ4v) is 1.89. The van der Waals surface area contributed by atoms with Gasteiger partial charge >= 0.3 is 0 Å². The highest BCUT2D eigenvalue weighted by atomic mass is 16.1. The molecule has 0 bridgehead atoms. The summed E-state index contributed by atoms with van der Waals surface area (Å²) in [7, 11) is 0. The van der Waals surface area contributed by atoms with Crippen LogP contribution in [0.1, 0.15) is 56.8 Å². The number of aryl methyl sites for hydroxylation is 2. The zero-order valence-corrected chi connectivity index (χ0v) is 12.4. The molecule has 0 saturated heterocycles. The normalized spacial score (nSPS) is 13.2. The van der Waals surface area contributed by atoms with E-state index in [0.717, 1.165) is 0 Å². The highest BCUT2D eigenvalue weighted by Crippen LogP contribution is 2.20. The maximum absolute atomic E-state index is 11.9. The summed E-state index contributed by atoms with van der Waals surface area (Å²) >= 11 is 0. The fraction of sp³-hybridized carbons (Fsp3) is 0.562. The topological polar surface area (TPSA) is 29.1 Å². The third kappa shape index (κ3) is 4.52. The Balaban J connectivity index is 2.68. The lowest BCUT2D eigenvalue weighted by Gasteiger charge is -2.20. The SMILES string of the molecule is Cc1ccc([C@@H](C)NC(=O)CC(C)(C)C)cc1C. The lowest BCUT2D eigenvalue weighted by Crippen LogP contribution is -2.29. The molecule has 1 aromatic carbocycles. The Morgan fingerprint density at radius 1 is 1.22 bits per heavy atom. The van der Waals surface area contributed by atoms with Crippen LogP contribution in [0, 0.1) is 19.3 Å². The monoisotopic (exact) mass is 247 g/mol. The van der Waals surface area contributed by atoms with E-state index >= 15 is 0 Å². The van der Waals surface area contributed by atoms with Crippen LogP contribution in [0.3, 0.4) is 0 Å². The second-order valence-corrected chi connectivity index (χ2v) is 6.37. The van der Waals surface area contributed by atoms with Crippen molar-refractivity contribution in [3.8, 4) is 0 Å². The van der Waals surface area contributed by atoms with Gasteiger partial charge in [0.1, 0.15) is 0 Å². The van der Waals surface area contributed by atoms with Crippen LogP contribution in [0.5, 0.6) is 0 Å². The van der Waals surface area contributed by atoms with E-state index in [-0.39, 0.29) is 17.4 Å². The van der Waals surface area contributed by atoms with Gasteiger partial charge in [-0.2, -0.15) is 0 Å². The second-order valence-electron chi connectivity index (χ2n) is 6.37. The number of benzene rings is 1. The Kier molecular flexibility index (Phi) is 4.55. The van der Waals surface area contributed by atoms with Crippen molar-refractivity contribution in [1.29, 1.82) is 0 Å². The zero-order valence-electron chi connectivity index (χ0n) is 12.4. The largest absolute Gasteiger partial charge is 0.350 e. The highest BCUT2D eigenvalue weighted by Gasteiger charge is 2.17. The lowest BCUT2D eigenvalue weighted by atomic mass is 9.91. The minimum atomic E-state index is 0.0347. The average Bonchev–Trinajstić information content (AvgIpc) is 2.18. The molecule has 2 nitrogen and oxygen atoms in total. The molecule has 0 aliphatic carbocycles. The Labute approximate surface area is 111 Å². The number of hydrogen-bond acceptors (Lipinski definition) is 1. The molecule has 0 fully saturated rings. The van der Waals surface area contributed by atoms with Gasteiger partial charge in [-0.15, -0.1) is 0 Å². The van der Waals surface area contributed by atoms with E-state index in [4.69, 9.17) is 0 Å². The predicted molar refractivity (Wildman–Crippen MR) is 76.5 cm³/mol. The van der Waals surface area contributed by atoms with Crippen molar-refractivity contribution in [3.63, 3.8) is 0 Å². The van der Waals surface area contributed by atoms with Crippen molar-refractivity contribution in [2.24, 2.45) is 5.41 Å². The maximum Gasteiger partial charge on any atom is 0.220 e. The number of hydrogen-bond donors (Lipinski definition) is 1. The molecule has 1 atom stereocenters. The van der Waals surface area contributed by atoms with Crippen molar-refractivity contribution in [1.82, 2.24) is 5.32 Å². The molecule has 0 spiro atoms. The molecule has 2 heteroatoms. The van der Waals surface area contributed by atoms with E-state index in [1.54, 1.807) is 0 Å². The van der Waals surface area contributed by atoms with Gasteiger partial charge in [-0.05, 0) is 42.9 Å². The first-order valence-corrected chi connectivity index (χ1v) is 6.55. The van der Waals surface area contributed by atoms with Crippen molar-refractivity contribution in [3.05, 3.63) is 34.9 Å². The van der Waals surface area contributed by atoms with Crippen LogP contribution in [0.25, 0.3) is 0 Å². The van der Waals surface area contributed by atoms with Crippen LogP contribution in [0.4, 0.5) is 0 Å². The summed E-state index contributed by atoms with van der Waals surface area (Å²) in [5.74, 6) is 0.119.